The van der Waals surface area contributed by atoms with E-state index in [1.165, 1.54) is 109 Å². The molecule has 0 atom stereocenters. The second-order valence-electron chi connectivity index (χ2n) is 20.3. The van der Waals surface area contributed by atoms with Crippen molar-refractivity contribution in [1.82, 2.24) is 9.13 Å². The number of para-hydroxylation sites is 2. The van der Waals surface area contributed by atoms with E-state index in [-0.39, 0.29) is 0 Å². The van der Waals surface area contributed by atoms with Gasteiger partial charge in [-0.05, 0) is 114 Å². The average Bonchev–Trinajstić information content (AvgIpc) is 4.30. The van der Waals surface area contributed by atoms with Crippen LogP contribution in [0.4, 0.5) is 0 Å². The fourth-order valence-corrected chi connectivity index (χ4v) is 18.3. The van der Waals surface area contributed by atoms with Crippen LogP contribution in [0.1, 0.15) is 22.3 Å². The van der Waals surface area contributed by atoms with Crippen LogP contribution in [0.2, 0.25) is 0 Å². The Labute approximate surface area is 443 Å². The van der Waals surface area contributed by atoms with E-state index < -0.39 is 13.5 Å². The van der Waals surface area contributed by atoms with E-state index in [0.717, 1.165) is 11.4 Å². The van der Waals surface area contributed by atoms with Crippen molar-refractivity contribution < 1.29 is 0 Å². The summed E-state index contributed by atoms with van der Waals surface area (Å²) in [6, 6.07) is 113. The highest BCUT2D eigenvalue weighted by Crippen LogP contribution is 2.57. The van der Waals surface area contributed by atoms with Crippen LogP contribution < -0.4 is 20.7 Å². The van der Waals surface area contributed by atoms with Gasteiger partial charge in [0.25, 0.3) is 0 Å². The molecule has 1 aliphatic carbocycles. The van der Waals surface area contributed by atoms with Gasteiger partial charge in [0.15, 0.2) is 8.07 Å². The largest absolute Gasteiger partial charge is 0.309 e. The van der Waals surface area contributed by atoms with Gasteiger partial charge in [0.1, 0.15) is 0 Å². The molecular formula is C73H50N2Si. The lowest BCUT2D eigenvalue weighted by atomic mass is 9.67. The maximum Gasteiger partial charge on any atom is 0.179 e. The summed E-state index contributed by atoms with van der Waals surface area (Å²) in [5.74, 6) is 0. The summed E-state index contributed by atoms with van der Waals surface area (Å²) in [7, 11) is -2.71. The first-order valence-corrected chi connectivity index (χ1v) is 28.4. The zero-order valence-corrected chi connectivity index (χ0v) is 42.8. The Hall–Kier alpha value is -9.54. The number of hydrogen-bond donors (Lipinski definition) is 0. The normalized spacial score (nSPS) is 12.8. The summed E-state index contributed by atoms with van der Waals surface area (Å²) in [6.07, 6.45) is 0. The molecule has 0 unspecified atom stereocenters. The second kappa shape index (κ2) is 17.6. The third-order valence-electron chi connectivity index (χ3n) is 16.6. The van der Waals surface area contributed by atoms with Gasteiger partial charge in [-0.2, -0.15) is 0 Å². The van der Waals surface area contributed by atoms with Crippen molar-refractivity contribution in [3.63, 3.8) is 0 Å². The van der Waals surface area contributed by atoms with E-state index in [0.29, 0.717) is 0 Å². The summed E-state index contributed by atoms with van der Waals surface area (Å²) in [4.78, 5) is 0. The van der Waals surface area contributed by atoms with Crippen LogP contribution in [0, 0.1) is 0 Å². The molecule has 0 saturated carbocycles. The molecule has 0 radical (unpaired) electrons. The minimum atomic E-state index is -2.71. The number of fused-ring (bicyclic) bond motifs is 9. The van der Waals surface area contributed by atoms with Crippen molar-refractivity contribution in [3.05, 3.63) is 326 Å². The number of hydrogen-bond acceptors (Lipinski definition) is 0. The van der Waals surface area contributed by atoms with E-state index in [9.17, 15) is 0 Å². The molecule has 0 amide bonds. The Morgan fingerprint density at radius 2 is 0.711 bits per heavy atom. The highest BCUT2D eigenvalue weighted by Gasteiger charge is 2.46. The SMILES string of the molecule is c1ccc(C2(c3ccccc3)c3ccccc3-c3cc(-c4cccc5c4c4ccccc4n5-c4cccc5c4c4ccccc4n5-c4ccc([Si](c5ccccc5)(c5ccccc5)c5ccccc5)cc4)ccc32)cc1. The topological polar surface area (TPSA) is 9.86 Å². The molecule has 1 aliphatic rings. The van der Waals surface area contributed by atoms with Gasteiger partial charge < -0.3 is 9.13 Å². The van der Waals surface area contributed by atoms with Crippen molar-refractivity contribution in [1.29, 1.82) is 0 Å². The van der Waals surface area contributed by atoms with Gasteiger partial charge in [-0.1, -0.05) is 255 Å². The molecule has 0 spiro atoms. The zero-order chi connectivity index (χ0) is 50.2. The Morgan fingerprint density at radius 1 is 0.276 bits per heavy atom. The third-order valence-corrected chi connectivity index (χ3v) is 21.4. The van der Waals surface area contributed by atoms with Crippen molar-refractivity contribution in [2.75, 3.05) is 0 Å². The zero-order valence-electron chi connectivity index (χ0n) is 41.8. The number of benzene rings is 12. The lowest BCUT2D eigenvalue weighted by molar-refractivity contribution is 0.768. The molecule has 2 heterocycles. The first-order valence-electron chi connectivity index (χ1n) is 26.4. The lowest BCUT2D eigenvalue weighted by Crippen LogP contribution is -2.74. The molecule has 0 N–H and O–H groups in total. The van der Waals surface area contributed by atoms with Gasteiger partial charge in [-0.25, -0.2) is 0 Å². The van der Waals surface area contributed by atoms with E-state index in [2.05, 4.69) is 312 Å². The fourth-order valence-electron chi connectivity index (χ4n) is 13.5. The first kappa shape index (κ1) is 44.0. The second-order valence-corrected chi connectivity index (χ2v) is 24.1. The van der Waals surface area contributed by atoms with Crippen LogP contribution >= 0.6 is 0 Å². The number of aromatic nitrogens is 2. The van der Waals surface area contributed by atoms with Crippen LogP contribution in [0.3, 0.4) is 0 Å². The van der Waals surface area contributed by atoms with Crippen LogP contribution in [0.5, 0.6) is 0 Å². The smallest absolute Gasteiger partial charge is 0.179 e. The van der Waals surface area contributed by atoms with Gasteiger partial charge in [-0.15, -0.1) is 0 Å². The van der Waals surface area contributed by atoms with Gasteiger partial charge in [0.2, 0.25) is 0 Å². The molecule has 0 aliphatic heterocycles. The molecule has 3 heteroatoms. The number of nitrogens with zero attached hydrogens (tertiary/aromatic N) is 2. The van der Waals surface area contributed by atoms with Crippen molar-refractivity contribution in [2.24, 2.45) is 0 Å². The summed E-state index contributed by atoms with van der Waals surface area (Å²) in [5, 5.41) is 10.4. The Morgan fingerprint density at radius 3 is 1.32 bits per heavy atom. The van der Waals surface area contributed by atoms with Gasteiger partial charge >= 0.3 is 0 Å². The molecule has 76 heavy (non-hydrogen) atoms. The van der Waals surface area contributed by atoms with Crippen molar-refractivity contribution >= 4 is 72.4 Å². The molecule has 2 aromatic heterocycles. The summed E-state index contributed by atoms with van der Waals surface area (Å²) in [6.45, 7) is 0. The number of rotatable bonds is 9. The minimum Gasteiger partial charge on any atom is -0.309 e. The molecule has 0 fully saturated rings. The molecule has 15 rings (SSSR count). The monoisotopic (exact) mass is 982 g/mol. The standard InChI is InChI=1S/C73H50N2Si/c1-6-24-52(25-7-1)73(53-26-8-2-9-27-53)64-38-19-16-34-60(64)63-50-51(44-49-65(63)73)59-37-22-41-68-71(59)61-35-17-21-40-67(61)75(68)70-43-23-42-69-72(70)62-36-18-20-39-66(62)74(69)54-45-47-58(48-46-54)76(55-28-10-3-11-29-55,56-30-12-4-13-31-56)57-32-14-5-15-33-57/h1-50H. The van der Waals surface area contributed by atoms with Gasteiger partial charge in [0.05, 0.1) is 33.2 Å². The quantitative estimate of drug-likeness (QED) is 0.101. The third kappa shape index (κ3) is 6.33. The minimum absolute atomic E-state index is 0.451. The van der Waals surface area contributed by atoms with Crippen LogP contribution in [-0.4, -0.2) is 17.2 Å². The fraction of sp³-hybridized carbons (Fsp3) is 0.0137. The van der Waals surface area contributed by atoms with Gasteiger partial charge in [0, 0.05) is 27.2 Å². The van der Waals surface area contributed by atoms with E-state index in [1.54, 1.807) is 0 Å². The lowest BCUT2D eigenvalue weighted by Gasteiger charge is -2.34. The van der Waals surface area contributed by atoms with Crippen LogP contribution in [0.15, 0.2) is 303 Å². The maximum atomic E-state index is 2.52. The molecule has 14 aromatic rings. The van der Waals surface area contributed by atoms with Crippen LogP contribution in [-0.2, 0) is 5.41 Å². The van der Waals surface area contributed by atoms with Crippen molar-refractivity contribution in [3.8, 4) is 33.6 Å². The predicted octanol–water partition coefficient (Wildman–Crippen LogP) is 15.3. The molecular weight excluding hydrogens is 933 g/mol. The molecule has 0 bridgehead atoms. The maximum absolute atomic E-state index is 2.71. The van der Waals surface area contributed by atoms with E-state index >= 15 is 0 Å². The molecule has 2 nitrogen and oxygen atoms in total. The Balaban J connectivity index is 0.915. The van der Waals surface area contributed by atoms with Crippen LogP contribution in [0.25, 0.3) is 77.2 Å². The van der Waals surface area contributed by atoms with Crippen molar-refractivity contribution in [2.45, 2.75) is 5.41 Å². The Bertz CT molecular complexity index is 4350. The summed E-state index contributed by atoms with van der Waals surface area (Å²) < 4.78 is 5.00. The highest BCUT2D eigenvalue weighted by atomic mass is 28.3. The van der Waals surface area contributed by atoms with E-state index in [1.807, 2.05) is 0 Å². The highest BCUT2D eigenvalue weighted by molar-refractivity contribution is 7.19. The van der Waals surface area contributed by atoms with E-state index in [4.69, 9.17) is 0 Å². The molecule has 12 aromatic carbocycles. The average molecular weight is 983 g/mol. The van der Waals surface area contributed by atoms with Gasteiger partial charge in [-0.3, -0.25) is 0 Å². The molecule has 356 valence electrons. The predicted molar refractivity (Wildman–Crippen MR) is 321 cm³/mol. The Kier molecular flexibility index (Phi) is 10.2. The first-order chi connectivity index (χ1) is 37.7. The molecule has 0 saturated heterocycles. The summed E-state index contributed by atoms with van der Waals surface area (Å²) in [5.41, 5.74) is 16.7. The summed E-state index contributed by atoms with van der Waals surface area (Å²) >= 11 is 0.